The van der Waals surface area contributed by atoms with Crippen LogP contribution in [0.4, 0.5) is 5.69 Å². The van der Waals surface area contributed by atoms with Crippen molar-refractivity contribution in [3.05, 3.63) is 113 Å². The maximum absolute atomic E-state index is 13.7. The molecule has 4 aromatic rings. The van der Waals surface area contributed by atoms with Crippen molar-refractivity contribution in [3.8, 4) is 0 Å². The molecule has 1 aliphatic heterocycles. The number of likely N-dealkylation sites (tertiary alicyclic amines) is 1. The van der Waals surface area contributed by atoms with Crippen LogP contribution in [0.25, 0.3) is 10.8 Å². The molecule has 0 saturated carbocycles. The second kappa shape index (κ2) is 12.9. The highest BCUT2D eigenvalue weighted by molar-refractivity contribution is 6.31. The van der Waals surface area contributed by atoms with Gasteiger partial charge in [0.2, 0.25) is 5.91 Å². The Labute approximate surface area is 252 Å². The van der Waals surface area contributed by atoms with E-state index in [1.807, 2.05) is 55.5 Å². The normalized spacial score (nSPS) is 18.2. The Morgan fingerprint density at radius 2 is 1.74 bits per heavy atom. The number of rotatable bonds is 10. The van der Waals surface area contributed by atoms with Gasteiger partial charge in [-0.1, -0.05) is 91.3 Å². The number of hydrogen-bond donors (Lipinski definition) is 2. The number of amides is 1. The van der Waals surface area contributed by atoms with Crippen LogP contribution in [0.3, 0.4) is 0 Å². The third kappa shape index (κ3) is 6.56. The summed E-state index contributed by atoms with van der Waals surface area (Å²) in [6, 6.07) is 28.7. The lowest BCUT2D eigenvalue weighted by atomic mass is 9.95. The molecule has 1 fully saturated rings. The summed E-state index contributed by atoms with van der Waals surface area (Å²) < 4.78 is 0. The summed E-state index contributed by atoms with van der Waals surface area (Å²) in [5, 5.41) is 15.8. The molecule has 42 heavy (non-hydrogen) atoms. The van der Waals surface area contributed by atoms with Crippen molar-refractivity contribution in [2.24, 2.45) is 4.99 Å². The first-order chi connectivity index (χ1) is 20.3. The van der Waals surface area contributed by atoms with Gasteiger partial charge in [0.15, 0.2) is 0 Å². The van der Waals surface area contributed by atoms with E-state index in [9.17, 15) is 14.7 Å². The monoisotopic (exact) mass is 581 g/mol. The van der Waals surface area contributed by atoms with Gasteiger partial charge >= 0.3 is 5.97 Å². The number of anilines is 1. The lowest BCUT2D eigenvalue weighted by molar-refractivity contribution is -0.137. The Kier molecular flexibility index (Phi) is 9.05. The fraction of sp³-hybridized carbons (Fsp3) is 0.286. The maximum atomic E-state index is 13.7. The van der Waals surface area contributed by atoms with Crippen LogP contribution in [0, 0.1) is 0 Å². The smallest absolute Gasteiger partial charge is 0.305 e. The van der Waals surface area contributed by atoms with E-state index in [4.69, 9.17) is 16.6 Å². The molecule has 216 valence electrons. The van der Waals surface area contributed by atoms with Crippen molar-refractivity contribution in [1.29, 1.82) is 0 Å². The van der Waals surface area contributed by atoms with E-state index in [0.717, 1.165) is 47.8 Å². The largest absolute Gasteiger partial charge is 0.481 e. The van der Waals surface area contributed by atoms with Gasteiger partial charge in [-0.3, -0.25) is 19.5 Å². The van der Waals surface area contributed by atoms with Gasteiger partial charge in [0.05, 0.1) is 29.4 Å². The summed E-state index contributed by atoms with van der Waals surface area (Å²) >= 11 is 6.52. The molecule has 4 aromatic carbocycles. The fourth-order valence-corrected chi connectivity index (χ4v) is 6.11. The number of carboxylic acids is 1. The van der Waals surface area contributed by atoms with E-state index in [-0.39, 0.29) is 12.3 Å². The van der Waals surface area contributed by atoms with Gasteiger partial charge in [0, 0.05) is 16.1 Å². The summed E-state index contributed by atoms with van der Waals surface area (Å²) in [5.41, 5.74) is 3.04. The molecule has 6 nitrogen and oxygen atoms in total. The molecule has 2 N–H and O–H groups in total. The van der Waals surface area contributed by atoms with Crippen LogP contribution < -0.4 is 5.32 Å². The maximum Gasteiger partial charge on any atom is 0.305 e. The Morgan fingerprint density at radius 3 is 2.48 bits per heavy atom. The van der Waals surface area contributed by atoms with Crippen molar-refractivity contribution < 1.29 is 14.7 Å². The minimum absolute atomic E-state index is 0.0731. The number of likely N-dealkylation sites (N-methyl/N-ethyl adjacent to an activating group) is 1. The summed E-state index contributed by atoms with van der Waals surface area (Å²) in [5.74, 6) is -0.999. The van der Waals surface area contributed by atoms with Crippen molar-refractivity contribution in [2.45, 2.75) is 51.1 Å². The first kappa shape index (κ1) is 29.5. The molecule has 0 radical (unpaired) electrons. The zero-order chi connectivity index (χ0) is 29.7. The Hall–Kier alpha value is -4.00. The molecule has 0 unspecified atom stereocenters. The van der Waals surface area contributed by atoms with Crippen LogP contribution in [0.15, 0.2) is 96.0 Å². The molecule has 0 aliphatic carbocycles. The summed E-state index contributed by atoms with van der Waals surface area (Å²) in [7, 11) is 0. The molecule has 0 aromatic heterocycles. The summed E-state index contributed by atoms with van der Waals surface area (Å²) in [6.45, 7) is 5.74. The highest BCUT2D eigenvalue weighted by Crippen LogP contribution is 2.32. The number of nitrogens with zero attached hydrogens (tertiary/aromatic N) is 2. The minimum atomic E-state index is -0.926. The predicted molar refractivity (Wildman–Crippen MR) is 171 cm³/mol. The number of aliphatic imine (C=N–C) groups is 1. The number of nitrogens with one attached hydrogen (secondary N) is 1. The van der Waals surface area contributed by atoms with Gasteiger partial charge in [-0.2, -0.15) is 0 Å². The van der Waals surface area contributed by atoms with Gasteiger partial charge in [0.1, 0.15) is 0 Å². The van der Waals surface area contributed by atoms with Gasteiger partial charge in [-0.25, -0.2) is 0 Å². The molecule has 7 heteroatoms. The van der Waals surface area contributed by atoms with Gasteiger partial charge in [-0.15, -0.1) is 0 Å². The van der Waals surface area contributed by atoms with E-state index in [1.54, 1.807) is 18.2 Å². The molecular formula is C35H36ClN3O3. The fourth-order valence-electron chi connectivity index (χ4n) is 5.94. The van der Waals surface area contributed by atoms with Crippen LogP contribution in [-0.4, -0.2) is 52.3 Å². The van der Waals surface area contributed by atoms with Crippen LogP contribution in [-0.2, 0) is 16.0 Å². The molecule has 5 rings (SSSR count). The Morgan fingerprint density at radius 1 is 1.00 bits per heavy atom. The van der Waals surface area contributed by atoms with Crippen molar-refractivity contribution in [2.75, 3.05) is 18.4 Å². The Bertz CT molecular complexity index is 1620. The number of halogens is 1. The SMILES string of the molecule is CCN1CCC[C@]1(C)C(=O)Nc1ccc(Cl)cc1C(=N[C@@H](CC(=O)O)Cc1ccc2ccccc2c1)c1ccccc1. The summed E-state index contributed by atoms with van der Waals surface area (Å²) in [4.78, 5) is 33.0. The topological polar surface area (TPSA) is 82.0 Å². The second-order valence-electron chi connectivity index (χ2n) is 11.1. The Balaban J connectivity index is 1.57. The molecule has 1 heterocycles. The number of carbonyl (C=O) groups excluding carboxylic acids is 1. The minimum Gasteiger partial charge on any atom is -0.481 e. The predicted octanol–water partition coefficient (Wildman–Crippen LogP) is 7.23. The number of fused-ring (bicyclic) bond motifs is 1. The number of hydrogen-bond acceptors (Lipinski definition) is 4. The third-order valence-electron chi connectivity index (χ3n) is 8.20. The number of benzene rings is 4. The van der Waals surface area contributed by atoms with Crippen LogP contribution in [0.1, 0.15) is 49.8 Å². The van der Waals surface area contributed by atoms with Gasteiger partial charge in [0.25, 0.3) is 0 Å². The van der Waals surface area contributed by atoms with Crippen molar-refractivity contribution >= 4 is 45.6 Å². The van der Waals surface area contributed by atoms with Gasteiger partial charge < -0.3 is 10.4 Å². The van der Waals surface area contributed by atoms with Crippen molar-refractivity contribution in [3.63, 3.8) is 0 Å². The second-order valence-corrected chi connectivity index (χ2v) is 11.5. The highest BCUT2D eigenvalue weighted by Gasteiger charge is 2.42. The molecule has 1 aliphatic rings. The zero-order valence-electron chi connectivity index (χ0n) is 24.0. The van der Waals surface area contributed by atoms with Crippen LogP contribution >= 0.6 is 11.6 Å². The van der Waals surface area contributed by atoms with Crippen molar-refractivity contribution in [1.82, 2.24) is 4.90 Å². The standard InChI is InChI=1S/C35H36ClN3O3/c1-3-39-19-9-18-35(39,2)34(42)38-31-17-16-28(36)22-30(31)33(26-11-5-4-6-12-26)37-29(23-32(40)41)21-24-14-15-25-10-7-8-13-27(25)20-24/h4-8,10-17,20,22,29H,3,9,18-19,21,23H2,1-2H3,(H,38,42)(H,40,41)/t29-,35-/m1/s1. The molecular weight excluding hydrogens is 546 g/mol. The zero-order valence-corrected chi connectivity index (χ0v) is 24.8. The average Bonchev–Trinajstić information content (AvgIpc) is 3.38. The average molecular weight is 582 g/mol. The van der Waals surface area contributed by atoms with Gasteiger partial charge in [-0.05, 0) is 73.8 Å². The molecule has 2 atom stereocenters. The highest BCUT2D eigenvalue weighted by atomic mass is 35.5. The molecule has 0 spiro atoms. The lowest BCUT2D eigenvalue weighted by Gasteiger charge is -2.33. The number of carboxylic acid groups (broad SMARTS) is 1. The molecule has 1 amide bonds. The van der Waals surface area contributed by atoms with E-state index in [1.165, 1.54) is 0 Å². The van der Waals surface area contributed by atoms with Crippen LogP contribution in [0.2, 0.25) is 5.02 Å². The molecule has 0 bridgehead atoms. The quantitative estimate of drug-likeness (QED) is 0.194. The first-order valence-corrected chi connectivity index (χ1v) is 14.8. The summed E-state index contributed by atoms with van der Waals surface area (Å²) in [6.07, 6.45) is 2.05. The first-order valence-electron chi connectivity index (χ1n) is 14.5. The van der Waals surface area contributed by atoms with Crippen LogP contribution in [0.5, 0.6) is 0 Å². The van der Waals surface area contributed by atoms with E-state index < -0.39 is 17.6 Å². The lowest BCUT2D eigenvalue weighted by Crippen LogP contribution is -2.50. The number of aliphatic carboxylic acids is 1. The van der Waals surface area contributed by atoms with E-state index in [0.29, 0.717) is 28.4 Å². The third-order valence-corrected chi connectivity index (χ3v) is 8.43. The molecule has 1 saturated heterocycles. The number of carbonyl (C=O) groups is 2. The van der Waals surface area contributed by atoms with E-state index in [2.05, 4.69) is 41.4 Å². The van der Waals surface area contributed by atoms with E-state index >= 15 is 0 Å².